The number of nitrogens with one attached hydrogen (secondary N) is 1. The van der Waals surface area contributed by atoms with Crippen molar-refractivity contribution in [1.29, 1.82) is 0 Å². The van der Waals surface area contributed by atoms with Gasteiger partial charge in [0.25, 0.3) is 5.91 Å². The van der Waals surface area contributed by atoms with Crippen LogP contribution in [-0.4, -0.2) is 20.6 Å². The van der Waals surface area contributed by atoms with Crippen LogP contribution in [-0.2, 0) is 23.1 Å². The summed E-state index contributed by atoms with van der Waals surface area (Å²) < 4.78 is 38.9. The van der Waals surface area contributed by atoms with Crippen LogP contribution in [0.25, 0.3) is 0 Å². The zero-order chi connectivity index (χ0) is 22.6. The largest absolute Gasteiger partial charge is 0.348 e. The van der Waals surface area contributed by atoms with E-state index in [-0.39, 0.29) is 19.0 Å². The molecule has 0 aliphatic heterocycles. The van der Waals surface area contributed by atoms with Crippen LogP contribution in [0.2, 0.25) is 10.0 Å². The standard InChI is InChI=1S/C22H19Cl2FN2O3S/c1-31(29,30)27(14-15-2-8-19(25)9-3-15)20-10-5-16(6-11-20)22(28)26-13-17-4-7-18(23)12-21(17)24/h2-12H,13-14H2,1H3,(H,26,28). The molecule has 0 aliphatic rings. The van der Waals surface area contributed by atoms with Crippen LogP contribution in [0.4, 0.5) is 10.1 Å². The summed E-state index contributed by atoms with van der Waals surface area (Å²) in [6, 6.07) is 16.8. The van der Waals surface area contributed by atoms with Gasteiger partial charge in [-0.2, -0.15) is 0 Å². The van der Waals surface area contributed by atoms with Gasteiger partial charge in [0.1, 0.15) is 5.82 Å². The Balaban J connectivity index is 1.73. The predicted octanol–water partition coefficient (Wildman–Crippen LogP) is 5.03. The third-order valence-electron chi connectivity index (χ3n) is 4.51. The van der Waals surface area contributed by atoms with Gasteiger partial charge in [0, 0.05) is 22.2 Å². The zero-order valence-electron chi connectivity index (χ0n) is 16.5. The third-order valence-corrected chi connectivity index (χ3v) is 6.24. The number of nitrogens with zero attached hydrogens (tertiary/aromatic N) is 1. The summed E-state index contributed by atoms with van der Waals surface area (Å²) >= 11 is 12.0. The molecule has 3 rings (SSSR count). The van der Waals surface area contributed by atoms with E-state index < -0.39 is 15.8 Å². The molecule has 162 valence electrons. The van der Waals surface area contributed by atoms with Gasteiger partial charge in [0.05, 0.1) is 18.5 Å². The van der Waals surface area contributed by atoms with Crippen molar-refractivity contribution in [3.63, 3.8) is 0 Å². The van der Waals surface area contributed by atoms with Crippen LogP contribution < -0.4 is 9.62 Å². The molecular weight excluding hydrogens is 462 g/mol. The van der Waals surface area contributed by atoms with Crippen molar-refractivity contribution in [2.24, 2.45) is 0 Å². The molecule has 0 radical (unpaired) electrons. The molecular formula is C22H19Cl2FN2O3S. The number of carbonyl (C=O) groups excluding carboxylic acids is 1. The minimum absolute atomic E-state index is 0.0414. The van der Waals surface area contributed by atoms with Crippen molar-refractivity contribution in [3.8, 4) is 0 Å². The molecule has 0 spiro atoms. The molecule has 0 unspecified atom stereocenters. The highest BCUT2D eigenvalue weighted by molar-refractivity contribution is 7.92. The first kappa shape index (κ1) is 23.1. The topological polar surface area (TPSA) is 66.5 Å². The lowest BCUT2D eigenvalue weighted by Crippen LogP contribution is -2.29. The SMILES string of the molecule is CS(=O)(=O)N(Cc1ccc(F)cc1)c1ccc(C(=O)NCc2ccc(Cl)cc2Cl)cc1. The van der Waals surface area contributed by atoms with Gasteiger partial charge in [-0.25, -0.2) is 12.8 Å². The maximum Gasteiger partial charge on any atom is 0.251 e. The molecule has 0 atom stereocenters. The van der Waals surface area contributed by atoms with Crippen molar-refractivity contribution < 1.29 is 17.6 Å². The lowest BCUT2D eigenvalue weighted by atomic mass is 10.1. The fourth-order valence-electron chi connectivity index (χ4n) is 2.88. The van der Waals surface area contributed by atoms with E-state index in [1.807, 2.05) is 0 Å². The summed E-state index contributed by atoms with van der Waals surface area (Å²) in [5.74, 6) is -0.730. The van der Waals surface area contributed by atoms with Crippen molar-refractivity contribution in [2.75, 3.05) is 10.6 Å². The minimum Gasteiger partial charge on any atom is -0.348 e. The van der Waals surface area contributed by atoms with Gasteiger partial charge < -0.3 is 5.32 Å². The van der Waals surface area contributed by atoms with Gasteiger partial charge in [-0.3, -0.25) is 9.10 Å². The summed E-state index contributed by atoms with van der Waals surface area (Å²) in [6.45, 7) is 0.260. The van der Waals surface area contributed by atoms with Gasteiger partial charge >= 0.3 is 0 Å². The first-order valence-corrected chi connectivity index (χ1v) is 11.8. The van der Waals surface area contributed by atoms with Gasteiger partial charge in [-0.05, 0) is 59.7 Å². The summed E-state index contributed by atoms with van der Waals surface area (Å²) in [4.78, 5) is 12.4. The number of halogens is 3. The Hall–Kier alpha value is -2.61. The third kappa shape index (κ3) is 6.19. The molecule has 0 saturated heterocycles. The molecule has 0 aliphatic carbocycles. The van der Waals surface area contributed by atoms with Crippen molar-refractivity contribution in [2.45, 2.75) is 13.1 Å². The van der Waals surface area contributed by atoms with Crippen LogP contribution in [0.1, 0.15) is 21.5 Å². The number of benzene rings is 3. The van der Waals surface area contributed by atoms with Gasteiger partial charge in [0.15, 0.2) is 0 Å². The highest BCUT2D eigenvalue weighted by atomic mass is 35.5. The molecule has 0 saturated carbocycles. The van der Waals surface area contributed by atoms with Crippen molar-refractivity contribution >= 4 is 44.8 Å². The Bertz CT molecular complexity index is 1180. The molecule has 31 heavy (non-hydrogen) atoms. The molecule has 0 heterocycles. The van der Waals surface area contributed by atoms with Crippen LogP contribution in [0.15, 0.2) is 66.7 Å². The van der Waals surface area contributed by atoms with E-state index in [2.05, 4.69) is 5.32 Å². The Labute approximate surface area is 190 Å². The van der Waals surface area contributed by atoms with Crippen LogP contribution in [0.3, 0.4) is 0 Å². The molecule has 1 amide bonds. The van der Waals surface area contributed by atoms with Crippen LogP contribution >= 0.6 is 23.2 Å². The summed E-state index contributed by atoms with van der Waals surface area (Å²) in [7, 11) is -3.60. The number of carbonyl (C=O) groups is 1. The monoisotopic (exact) mass is 480 g/mol. The fraction of sp³-hybridized carbons (Fsp3) is 0.136. The molecule has 0 fully saturated rings. The summed E-state index contributed by atoms with van der Waals surface area (Å²) in [5, 5.41) is 3.72. The maximum absolute atomic E-state index is 13.1. The molecule has 3 aromatic carbocycles. The smallest absolute Gasteiger partial charge is 0.251 e. The van der Waals surface area contributed by atoms with Crippen LogP contribution in [0.5, 0.6) is 0 Å². The second-order valence-corrected chi connectivity index (χ2v) is 9.61. The molecule has 3 aromatic rings. The average molecular weight is 481 g/mol. The van der Waals surface area contributed by atoms with Crippen molar-refractivity contribution in [1.82, 2.24) is 5.32 Å². The predicted molar refractivity (Wildman–Crippen MR) is 122 cm³/mol. The summed E-state index contributed by atoms with van der Waals surface area (Å²) in [6.07, 6.45) is 1.09. The highest BCUT2D eigenvalue weighted by Crippen LogP contribution is 2.23. The maximum atomic E-state index is 13.1. The number of amides is 1. The van der Waals surface area contributed by atoms with Crippen LogP contribution in [0, 0.1) is 5.82 Å². The Morgan fingerprint density at radius 2 is 1.65 bits per heavy atom. The lowest BCUT2D eigenvalue weighted by molar-refractivity contribution is 0.0951. The Morgan fingerprint density at radius 1 is 1.00 bits per heavy atom. The van der Waals surface area contributed by atoms with E-state index in [1.165, 1.54) is 40.7 Å². The first-order chi connectivity index (χ1) is 14.6. The second-order valence-electron chi connectivity index (χ2n) is 6.86. The number of sulfonamides is 1. The Kier molecular flexibility index (Phi) is 7.20. The summed E-state index contributed by atoms with van der Waals surface area (Å²) in [5.41, 5.74) is 2.11. The minimum atomic E-state index is -3.60. The second kappa shape index (κ2) is 9.68. The van der Waals surface area contributed by atoms with Crippen molar-refractivity contribution in [3.05, 3.63) is 99.3 Å². The quantitative estimate of drug-likeness (QED) is 0.515. The van der Waals surface area contributed by atoms with E-state index in [1.54, 1.807) is 30.3 Å². The van der Waals surface area contributed by atoms with E-state index >= 15 is 0 Å². The Morgan fingerprint density at radius 3 is 2.23 bits per heavy atom. The first-order valence-electron chi connectivity index (χ1n) is 9.18. The lowest BCUT2D eigenvalue weighted by Gasteiger charge is -2.22. The molecule has 0 aromatic heterocycles. The number of rotatable bonds is 7. The van der Waals surface area contributed by atoms with E-state index in [4.69, 9.17) is 23.2 Å². The highest BCUT2D eigenvalue weighted by Gasteiger charge is 2.18. The van der Waals surface area contributed by atoms with E-state index in [0.717, 1.165) is 11.8 Å². The molecule has 9 heteroatoms. The molecule has 1 N–H and O–H groups in total. The zero-order valence-corrected chi connectivity index (χ0v) is 18.8. The van der Waals surface area contributed by atoms with E-state index in [0.29, 0.717) is 26.9 Å². The number of hydrogen-bond donors (Lipinski definition) is 1. The van der Waals surface area contributed by atoms with E-state index in [9.17, 15) is 17.6 Å². The number of anilines is 1. The molecule has 0 bridgehead atoms. The number of hydrogen-bond acceptors (Lipinski definition) is 3. The van der Waals surface area contributed by atoms with Gasteiger partial charge in [-0.15, -0.1) is 0 Å². The fourth-order valence-corrected chi connectivity index (χ4v) is 4.24. The average Bonchev–Trinajstić information content (AvgIpc) is 2.72. The molecule has 5 nitrogen and oxygen atoms in total. The normalized spacial score (nSPS) is 11.2. The van der Waals surface area contributed by atoms with Gasteiger partial charge in [0.2, 0.25) is 10.0 Å². The van der Waals surface area contributed by atoms with Gasteiger partial charge in [-0.1, -0.05) is 41.4 Å².